The largest absolute Gasteiger partial charge is 0.481 e. The number of rotatable bonds is 5. The number of likely N-dealkylation sites (tertiary alicyclic amines) is 1. The highest BCUT2D eigenvalue weighted by Gasteiger charge is 2.37. The molecule has 0 bridgehead atoms. The summed E-state index contributed by atoms with van der Waals surface area (Å²) in [4.78, 5) is 27.3. The Kier molecular flexibility index (Phi) is 4.66. The number of aliphatic carboxylic acids is 1. The first-order valence-corrected chi connectivity index (χ1v) is 7.42. The molecular formula is C14H24N2O3. The van der Waals surface area contributed by atoms with Gasteiger partial charge in [-0.05, 0) is 38.5 Å². The van der Waals surface area contributed by atoms with E-state index in [0.717, 1.165) is 45.1 Å². The van der Waals surface area contributed by atoms with Crippen molar-refractivity contribution in [3.63, 3.8) is 0 Å². The Hall–Kier alpha value is -1.26. The average molecular weight is 268 g/mol. The van der Waals surface area contributed by atoms with Crippen LogP contribution in [0.1, 0.15) is 51.9 Å². The van der Waals surface area contributed by atoms with Crippen LogP contribution in [-0.2, 0) is 4.79 Å². The molecule has 0 aromatic rings. The molecule has 2 aliphatic rings. The fourth-order valence-corrected chi connectivity index (χ4v) is 2.89. The summed E-state index contributed by atoms with van der Waals surface area (Å²) in [5.41, 5.74) is 0. The molecule has 2 amide bonds. The number of amides is 2. The molecule has 1 saturated carbocycles. The van der Waals surface area contributed by atoms with Crippen molar-refractivity contribution >= 4 is 12.0 Å². The molecule has 1 saturated heterocycles. The van der Waals surface area contributed by atoms with Gasteiger partial charge in [0.2, 0.25) is 0 Å². The molecule has 5 nitrogen and oxygen atoms in total. The Morgan fingerprint density at radius 1 is 1.26 bits per heavy atom. The number of nitrogens with zero attached hydrogens (tertiary/aromatic N) is 2. The molecule has 1 unspecified atom stereocenters. The molecule has 108 valence electrons. The number of hydrogen-bond donors (Lipinski definition) is 1. The van der Waals surface area contributed by atoms with Gasteiger partial charge in [0.25, 0.3) is 0 Å². The Balaban J connectivity index is 2.02. The van der Waals surface area contributed by atoms with Gasteiger partial charge in [-0.25, -0.2) is 4.79 Å². The Morgan fingerprint density at radius 2 is 2.00 bits per heavy atom. The zero-order valence-corrected chi connectivity index (χ0v) is 11.7. The third-order valence-corrected chi connectivity index (χ3v) is 3.98. The molecule has 1 aliphatic carbocycles. The van der Waals surface area contributed by atoms with Crippen molar-refractivity contribution in [2.24, 2.45) is 0 Å². The topological polar surface area (TPSA) is 60.9 Å². The van der Waals surface area contributed by atoms with Crippen molar-refractivity contribution in [3.05, 3.63) is 0 Å². The maximum absolute atomic E-state index is 12.6. The first-order chi connectivity index (χ1) is 9.13. The molecule has 0 aromatic carbocycles. The number of urea groups is 1. The van der Waals surface area contributed by atoms with E-state index in [0.29, 0.717) is 12.6 Å². The second-order valence-electron chi connectivity index (χ2n) is 5.65. The van der Waals surface area contributed by atoms with Crippen molar-refractivity contribution in [1.29, 1.82) is 0 Å². The lowest BCUT2D eigenvalue weighted by Crippen LogP contribution is -2.51. The van der Waals surface area contributed by atoms with E-state index >= 15 is 0 Å². The van der Waals surface area contributed by atoms with E-state index in [1.807, 2.05) is 9.80 Å². The lowest BCUT2D eigenvalue weighted by atomic mass is 10.00. The standard InChI is InChI=1S/C14H24N2O3/c1-2-8-15(11-6-7-11)14(19)16-9-4-3-5-12(16)10-13(17)18/h11-12H,2-10H2,1H3,(H,17,18). The molecule has 1 heterocycles. The molecule has 0 spiro atoms. The van der Waals surface area contributed by atoms with Gasteiger partial charge in [-0.1, -0.05) is 6.92 Å². The van der Waals surface area contributed by atoms with Crippen LogP contribution >= 0.6 is 0 Å². The van der Waals surface area contributed by atoms with Crippen molar-refractivity contribution < 1.29 is 14.7 Å². The summed E-state index contributed by atoms with van der Waals surface area (Å²) in [7, 11) is 0. The summed E-state index contributed by atoms with van der Waals surface area (Å²) >= 11 is 0. The van der Waals surface area contributed by atoms with Crippen LogP contribution in [0.5, 0.6) is 0 Å². The Bertz CT molecular complexity index is 342. The lowest BCUT2D eigenvalue weighted by molar-refractivity contribution is -0.138. The average Bonchev–Trinajstić information content (AvgIpc) is 3.19. The SMILES string of the molecule is CCCN(C(=O)N1CCCCC1CC(=O)O)C1CC1. The van der Waals surface area contributed by atoms with Crippen molar-refractivity contribution in [2.75, 3.05) is 13.1 Å². The predicted molar refractivity (Wildman–Crippen MR) is 72.0 cm³/mol. The molecule has 1 N–H and O–H groups in total. The van der Waals surface area contributed by atoms with Gasteiger partial charge < -0.3 is 14.9 Å². The highest BCUT2D eigenvalue weighted by molar-refractivity contribution is 5.77. The maximum atomic E-state index is 12.6. The quantitative estimate of drug-likeness (QED) is 0.832. The minimum Gasteiger partial charge on any atom is -0.481 e. The number of carboxylic acids is 1. The van der Waals surface area contributed by atoms with E-state index in [1.165, 1.54) is 0 Å². The fraction of sp³-hybridized carbons (Fsp3) is 0.857. The molecule has 2 fully saturated rings. The fourth-order valence-electron chi connectivity index (χ4n) is 2.89. The van der Waals surface area contributed by atoms with E-state index < -0.39 is 5.97 Å². The van der Waals surface area contributed by atoms with E-state index in [1.54, 1.807) is 0 Å². The van der Waals surface area contributed by atoms with E-state index in [4.69, 9.17) is 5.11 Å². The number of hydrogen-bond acceptors (Lipinski definition) is 2. The van der Waals surface area contributed by atoms with Crippen molar-refractivity contribution in [3.8, 4) is 0 Å². The van der Waals surface area contributed by atoms with Gasteiger partial charge in [-0.15, -0.1) is 0 Å². The van der Waals surface area contributed by atoms with Crippen LogP contribution in [0.25, 0.3) is 0 Å². The molecule has 1 atom stereocenters. The second kappa shape index (κ2) is 6.26. The molecule has 0 aromatic heterocycles. The summed E-state index contributed by atoms with van der Waals surface area (Å²) < 4.78 is 0. The Morgan fingerprint density at radius 3 is 2.58 bits per heavy atom. The minimum absolute atomic E-state index is 0.0651. The smallest absolute Gasteiger partial charge is 0.320 e. The third kappa shape index (κ3) is 3.61. The molecule has 19 heavy (non-hydrogen) atoms. The van der Waals surface area contributed by atoms with Gasteiger partial charge in [0.15, 0.2) is 0 Å². The number of carbonyl (C=O) groups is 2. The molecule has 2 rings (SSSR count). The zero-order chi connectivity index (χ0) is 13.8. The van der Waals surface area contributed by atoms with Gasteiger partial charge in [-0.2, -0.15) is 0 Å². The summed E-state index contributed by atoms with van der Waals surface area (Å²) in [6.07, 6.45) is 6.08. The van der Waals surface area contributed by atoms with Gasteiger partial charge >= 0.3 is 12.0 Å². The van der Waals surface area contributed by atoms with Crippen LogP contribution in [0.4, 0.5) is 4.79 Å². The van der Waals surface area contributed by atoms with E-state index in [2.05, 4.69) is 6.92 Å². The maximum Gasteiger partial charge on any atom is 0.320 e. The molecule has 0 radical (unpaired) electrons. The van der Waals surface area contributed by atoms with Crippen LogP contribution in [0.15, 0.2) is 0 Å². The van der Waals surface area contributed by atoms with Crippen molar-refractivity contribution in [2.45, 2.75) is 64.0 Å². The highest BCUT2D eigenvalue weighted by Crippen LogP contribution is 2.30. The van der Waals surface area contributed by atoms with Gasteiger partial charge in [0, 0.05) is 25.2 Å². The number of carboxylic acid groups (broad SMARTS) is 1. The number of piperidine rings is 1. The zero-order valence-electron chi connectivity index (χ0n) is 11.7. The Labute approximate surface area is 114 Å². The summed E-state index contributed by atoms with van der Waals surface area (Å²) in [5.74, 6) is -0.807. The second-order valence-corrected chi connectivity index (χ2v) is 5.65. The number of carbonyl (C=O) groups excluding carboxylic acids is 1. The molecule has 5 heteroatoms. The predicted octanol–water partition coefficient (Wildman–Crippen LogP) is 2.31. The first kappa shape index (κ1) is 14.2. The first-order valence-electron chi connectivity index (χ1n) is 7.42. The van der Waals surface area contributed by atoms with Crippen LogP contribution in [0.3, 0.4) is 0 Å². The molecular weight excluding hydrogens is 244 g/mol. The van der Waals surface area contributed by atoms with Crippen molar-refractivity contribution in [1.82, 2.24) is 9.80 Å². The van der Waals surface area contributed by atoms with Gasteiger partial charge in [0.1, 0.15) is 0 Å². The summed E-state index contributed by atoms with van der Waals surface area (Å²) in [6, 6.07) is 0.354. The van der Waals surface area contributed by atoms with E-state index in [9.17, 15) is 9.59 Å². The third-order valence-electron chi connectivity index (χ3n) is 3.98. The van der Waals surface area contributed by atoms with Crippen LogP contribution < -0.4 is 0 Å². The van der Waals surface area contributed by atoms with Crippen LogP contribution in [-0.4, -0.2) is 52.1 Å². The van der Waals surface area contributed by atoms with Crippen LogP contribution in [0.2, 0.25) is 0 Å². The minimum atomic E-state index is -0.807. The van der Waals surface area contributed by atoms with Crippen LogP contribution in [0, 0.1) is 0 Å². The normalized spacial score (nSPS) is 23.2. The van der Waals surface area contributed by atoms with E-state index in [-0.39, 0.29) is 18.5 Å². The van der Waals surface area contributed by atoms with Gasteiger partial charge in [-0.3, -0.25) is 4.79 Å². The monoisotopic (exact) mass is 268 g/mol. The lowest BCUT2D eigenvalue weighted by Gasteiger charge is -2.38. The van der Waals surface area contributed by atoms with Gasteiger partial charge in [0.05, 0.1) is 6.42 Å². The molecule has 1 aliphatic heterocycles. The summed E-state index contributed by atoms with van der Waals surface area (Å²) in [6.45, 7) is 3.58. The highest BCUT2D eigenvalue weighted by atomic mass is 16.4. The summed E-state index contributed by atoms with van der Waals surface area (Å²) in [5, 5.41) is 8.98.